The highest BCUT2D eigenvalue weighted by molar-refractivity contribution is 6.35. The lowest BCUT2D eigenvalue weighted by Crippen LogP contribution is -2.30. The van der Waals surface area contributed by atoms with Crippen LogP contribution in [0.15, 0.2) is 29.4 Å². The van der Waals surface area contributed by atoms with E-state index in [2.05, 4.69) is 5.16 Å². The highest BCUT2D eigenvalue weighted by Crippen LogP contribution is 2.23. The molecule has 3 nitrogen and oxygen atoms in total. The van der Waals surface area contributed by atoms with Crippen LogP contribution in [-0.2, 0) is 9.57 Å². The number of rotatable bonds is 3. The first-order valence-corrected chi connectivity index (χ1v) is 6.27. The molecule has 1 aromatic rings. The Kier molecular flexibility index (Phi) is 4.26. The van der Waals surface area contributed by atoms with Crippen molar-refractivity contribution in [2.45, 2.75) is 25.0 Å². The predicted octanol–water partition coefficient (Wildman–Crippen LogP) is 3.43. The summed E-state index contributed by atoms with van der Waals surface area (Å²) in [5.41, 5.74) is 1.64. The molecule has 5 heteroatoms. The second kappa shape index (κ2) is 5.71. The SMILES string of the molecule is CCO[C@H]1C[C@@H](Cl)C(c2ccc(Cl)cc2)=NO1. The van der Waals surface area contributed by atoms with E-state index in [1.807, 2.05) is 19.1 Å². The van der Waals surface area contributed by atoms with Crippen molar-refractivity contribution in [3.63, 3.8) is 0 Å². The topological polar surface area (TPSA) is 30.8 Å². The lowest BCUT2D eigenvalue weighted by atomic mass is 10.0. The molecular formula is C12H13Cl2NO2. The lowest BCUT2D eigenvalue weighted by molar-refractivity contribution is -0.146. The van der Waals surface area contributed by atoms with Crippen molar-refractivity contribution >= 4 is 28.9 Å². The number of alkyl halides is 1. The molecule has 0 fully saturated rings. The number of ether oxygens (including phenoxy) is 1. The molecule has 0 amide bonds. The second-order valence-corrected chi connectivity index (χ2v) is 4.64. The van der Waals surface area contributed by atoms with Gasteiger partial charge in [0.05, 0.1) is 5.38 Å². The van der Waals surface area contributed by atoms with Crippen LogP contribution in [0.4, 0.5) is 0 Å². The van der Waals surface area contributed by atoms with Crippen molar-refractivity contribution in [1.82, 2.24) is 0 Å². The number of hydrogen-bond donors (Lipinski definition) is 0. The number of oxime groups is 1. The third-order valence-electron chi connectivity index (χ3n) is 2.46. The molecule has 0 aromatic heterocycles. The van der Waals surface area contributed by atoms with Crippen LogP contribution in [0.5, 0.6) is 0 Å². The Morgan fingerprint density at radius 2 is 2.12 bits per heavy atom. The Balaban J connectivity index is 2.14. The van der Waals surface area contributed by atoms with E-state index in [1.54, 1.807) is 12.1 Å². The smallest absolute Gasteiger partial charge is 0.228 e. The van der Waals surface area contributed by atoms with E-state index in [9.17, 15) is 0 Å². The zero-order valence-corrected chi connectivity index (χ0v) is 10.9. The van der Waals surface area contributed by atoms with Gasteiger partial charge in [0.15, 0.2) is 0 Å². The number of hydrogen-bond acceptors (Lipinski definition) is 3. The summed E-state index contributed by atoms with van der Waals surface area (Å²) >= 11 is 12.1. The summed E-state index contributed by atoms with van der Waals surface area (Å²) in [5.74, 6) is 0. The third-order valence-corrected chi connectivity index (χ3v) is 3.09. The maximum absolute atomic E-state index is 6.26. The van der Waals surface area contributed by atoms with Gasteiger partial charge in [0.25, 0.3) is 0 Å². The first kappa shape index (κ1) is 12.7. The number of benzene rings is 1. The van der Waals surface area contributed by atoms with Crippen molar-refractivity contribution in [1.29, 1.82) is 0 Å². The average Bonchev–Trinajstić information content (AvgIpc) is 2.31. The minimum atomic E-state index is -0.349. The molecule has 2 rings (SSSR count). The molecule has 1 aliphatic rings. The van der Waals surface area contributed by atoms with Gasteiger partial charge in [0.2, 0.25) is 6.29 Å². The summed E-state index contributed by atoms with van der Waals surface area (Å²) in [6, 6.07) is 7.36. The van der Waals surface area contributed by atoms with E-state index in [4.69, 9.17) is 32.8 Å². The molecule has 0 saturated carbocycles. The van der Waals surface area contributed by atoms with Crippen LogP contribution in [0, 0.1) is 0 Å². The fraction of sp³-hybridized carbons (Fsp3) is 0.417. The quantitative estimate of drug-likeness (QED) is 0.790. The maximum Gasteiger partial charge on any atom is 0.228 e. The van der Waals surface area contributed by atoms with Gasteiger partial charge >= 0.3 is 0 Å². The Bertz CT molecular complexity index is 405. The maximum atomic E-state index is 6.26. The lowest BCUT2D eigenvalue weighted by Gasteiger charge is -2.24. The van der Waals surface area contributed by atoms with Crippen LogP contribution in [0.1, 0.15) is 18.9 Å². The number of halogens is 2. The van der Waals surface area contributed by atoms with Crippen molar-refractivity contribution in [2.75, 3.05) is 6.61 Å². The molecule has 0 N–H and O–H groups in total. The average molecular weight is 274 g/mol. The van der Waals surface area contributed by atoms with Crippen LogP contribution in [0.25, 0.3) is 0 Å². The third kappa shape index (κ3) is 3.12. The monoisotopic (exact) mass is 273 g/mol. The summed E-state index contributed by atoms with van der Waals surface area (Å²) in [4.78, 5) is 5.23. The van der Waals surface area contributed by atoms with E-state index in [0.29, 0.717) is 18.1 Å². The molecule has 0 spiro atoms. The predicted molar refractivity (Wildman–Crippen MR) is 68.7 cm³/mol. The molecule has 0 radical (unpaired) electrons. The molecule has 1 heterocycles. The highest BCUT2D eigenvalue weighted by Gasteiger charge is 2.27. The molecule has 0 unspecified atom stereocenters. The summed E-state index contributed by atoms with van der Waals surface area (Å²) in [6.45, 7) is 2.49. The van der Waals surface area contributed by atoms with E-state index in [-0.39, 0.29) is 11.7 Å². The Morgan fingerprint density at radius 1 is 1.41 bits per heavy atom. The van der Waals surface area contributed by atoms with Gasteiger partial charge in [-0.2, -0.15) is 0 Å². The minimum absolute atomic E-state index is 0.207. The van der Waals surface area contributed by atoms with Crippen LogP contribution < -0.4 is 0 Å². The molecule has 92 valence electrons. The Labute approximate surface area is 110 Å². The van der Waals surface area contributed by atoms with Gasteiger partial charge in [-0.15, -0.1) is 11.6 Å². The van der Waals surface area contributed by atoms with Crippen LogP contribution in [-0.4, -0.2) is 24.0 Å². The summed E-state index contributed by atoms with van der Waals surface area (Å²) < 4.78 is 5.32. The molecule has 0 aliphatic carbocycles. The number of nitrogens with zero attached hydrogens (tertiary/aromatic N) is 1. The van der Waals surface area contributed by atoms with Crippen molar-refractivity contribution in [3.8, 4) is 0 Å². The summed E-state index contributed by atoms with van der Waals surface area (Å²) in [5, 5.41) is 4.50. The van der Waals surface area contributed by atoms with Gasteiger partial charge in [-0.1, -0.05) is 28.9 Å². The van der Waals surface area contributed by atoms with E-state index >= 15 is 0 Å². The Morgan fingerprint density at radius 3 is 2.71 bits per heavy atom. The van der Waals surface area contributed by atoms with Gasteiger partial charge in [-0.3, -0.25) is 0 Å². The largest absolute Gasteiger partial charge is 0.363 e. The van der Waals surface area contributed by atoms with Crippen molar-refractivity contribution in [3.05, 3.63) is 34.9 Å². The molecule has 1 aliphatic heterocycles. The zero-order chi connectivity index (χ0) is 12.3. The molecule has 2 atom stereocenters. The van der Waals surface area contributed by atoms with Crippen LogP contribution in [0.2, 0.25) is 5.02 Å². The van der Waals surface area contributed by atoms with E-state index in [1.165, 1.54) is 0 Å². The normalized spacial score (nSPS) is 24.1. The van der Waals surface area contributed by atoms with E-state index in [0.717, 1.165) is 11.3 Å². The standard InChI is InChI=1S/C12H13Cl2NO2/c1-2-16-11-7-10(14)12(15-17-11)8-3-5-9(13)6-4-8/h3-6,10-11H,2,7H2,1H3/t10-,11-/m1/s1. The molecule has 17 heavy (non-hydrogen) atoms. The summed E-state index contributed by atoms with van der Waals surface area (Å²) in [6.07, 6.45) is 0.246. The van der Waals surface area contributed by atoms with Crippen LogP contribution >= 0.6 is 23.2 Å². The van der Waals surface area contributed by atoms with Crippen molar-refractivity contribution < 1.29 is 9.57 Å². The van der Waals surface area contributed by atoms with Crippen molar-refractivity contribution in [2.24, 2.45) is 5.16 Å². The fourth-order valence-corrected chi connectivity index (χ4v) is 2.07. The Hall–Kier alpha value is -0.770. The first-order chi connectivity index (χ1) is 8.20. The minimum Gasteiger partial charge on any atom is -0.363 e. The van der Waals surface area contributed by atoms with Gasteiger partial charge in [-0.05, 0) is 19.1 Å². The van der Waals surface area contributed by atoms with Gasteiger partial charge < -0.3 is 9.57 Å². The molecule has 1 aromatic carbocycles. The molecular weight excluding hydrogens is 261 g/mol. The highest BCUT2D eigenvalue weighted by atomic mass is 35.5. The first-order valence-electron chi connectivity index (χ1n) is 5.46. The van der Waals surface area contributed by atoms with Crippen LogP contribution in [0.3, 0.4) is 0 Å². The zero-order valence-electron chi connectivity index (χ0n) is 9.40. The second-order valence-electron chi connectivity index (χ2n) is 3.68. The van der Waals surface area contributed by atoms with Gasteiger partial charge in [0, 0.05) is 23.6 Å². The molecule has 0 bridgehead atoms. The van der Waals surface area contributed by atoms with Gasteiger partial charge in [-0.25, -0.2) is 0 Å². The van der Waals surface area contributed by atoms with Gasteiger partial charge in [0.1, 0.15) is 5.71 Å². The molecule has 0 saturated heterocycles. The van der Waals surface area contributed by atoms with E-state index < -0.39 is 0 Å². The summed E-state index contributed by atoms with van der Waals surface area (Å²) in [7, 11) is 0. The fourth-order valence-electron chi connectivity index (χ4n) is 1.63.